The third kappa shape index (κ3) is 5.60. The number of aromatic nitrogens is 1. The first-order chi connectivity index (χ1) is 8.61. The molecule has 1 heterocycles. The predicted molar refractivity (Wildman–Crippen MR) is 69.9 cm³/mol. The van der Waals surface area contributed by atoms with E-state index in [4.69, 9.17) is 10.5 Å². The number of amides is 1. The van der Waals surface area contributed by atoms with Gasteiger partial charge < -0.3 is 15.8 Å². The van der Waals surface area contributed by atoms with Crippen LogP contribution in [0.5, 0.6) is 0 Å². The number of hydrogen-bond acceptors (Lipinski definition) is 5. The highest BCUT2D eigenvalue weighted by molar-refractivity contribution is 5.77. The van der Waals surface area contributed by atoms with E-state index in [1.54, 1.807) is 13.2 Å². The topological polar surface area (TPSA) is 80.5 Å². The molecule has 1 aromatic heterocycles. The third-order valence-electron chi connectivity index (χ3n) is 2.30. The summed E-state index contributed by atoms with van der Waals surface area (Å²) in [7, 11) is 3.46. The Morgan fingerprint density at radius 1 is 1.56 bits per heavy atom. The molecule has 18 heavy (non-hydrogen) atoms. The SMILES string of the molecule is COCCNC(=O)CN(C)Cc1cccc(N)n1. The second-order valence-electron chi connectivity index (χ2n) is 4.07. The minimum absolute atomic E-state index is 0.0292. The molecule has 1 rings (SSSR count). The lowest BCUT2D eigenvalue weighted by Gasteiger charge is -2.15. The average molecular weight is 252 g/mol. The minimum Gasteiger partial charge on any atom is -0.384 e. The van der Waals surface area contributed by atoms with E-state index < -0.39 is 0 Å². The fraction of sp³-hybridized carbons (Fsp3) is 0.500. The summed E-state index contributed by atoms with van der Waals surface area (Å²) < 4.78 is 4.85. The van der Waals surface area contributed by atoms with E-state index in [1.807, 2.05) is 24.1 Å². The van der Waals surface area contributed by atoms with E-state index in [-0.39, 0.29) is 5.91 Å². The molecule has 1 aromatic rings. The van der Waals surface area contributed by atoms with Crippen LogP contribution < -0.4 is 11.1 Å². The smallest absolute Gasteiger partial charge is 0.234 e. The molecule has 3 N–H and O–H groups in total. The summed E-state index contributed by atoms with van der Waals surface area (Å²) in [6.45, 7) is 1.95. The fourth-order valence-corrected chi connectivity index (χ4v) is 1.51. The lowest BCUT2D eigenvalue weighted by molar-refractivity contribution is -0.122. The van der Waals surface area contributed by atoms with E-state index in [0.717, 1.165) is 5.69 Å². The highest BCUT2D eigenvalue weighted by Crippen LogP contribution is 2.02. The van der Waals surface area contributed by atoms with E-state index in [0.29, 0.717) is 32.1 Å². The molecule has 1 amide bonds. The molecule has 100 valence electrons. The van der Waals surface area contributed by atoms with Gasteiger partial charge in [-0.2, -0.15) is 0 Å². The highest BCUT2D eigenvalue weighted by Gasteiger charge is 2.07. The van der Waals surface area contributed by atoms with Crippen LogP contribution in [-0.2, 0) is 16.1 Å². The van der Waals surface area contributed by atoms with Crippen molar-refractivity contribution in [3.63, 3.8) is 0 Å². The maximum absolute atomic E-state index is 11.5. The van der Waals surface area contributed by atoms with Gasteiger partial charge in [0.1, 0.15) is 5.82 Å². The molecule has 0 radical (unpaired) electrons. The number of nitrogens with zero attached hydrogens (tertiary/aromatic N) is 2. The van der Waals surface area contributed by atoms with Crippen molar-refractivity contribution >= 4 is 11.7 Å². The van der Waals surface area contributed by atoms with Gasteiger partial charge >= 0.3 is 0 Å². The number of nitrogens with two attached hydrogens (primary N) is 1. The molecule has 6 heteroatoms. The molecule has 0 saturated heterocycles. The van der Waals surface area contributed by atoms with Crippen LogP contribution in [0.1, 0.15) is 5.69 Å². The second-order valence-corrected chi connectivity index (χ2v) is 4.07. The Morgan fingerprint density at radius 2 is 2.33 bits per heavy atom. The Labute approximate surface area is 107 Å². The Balaban J connectivity index is 2.32. The first kappa shape index (κ1) is 14.4. The molecule has 0 bridgehead atoms. The van der Waals surface area contributed by atoms with E-state index in [9.17, 15) is 4.79 Å². The van der Waals surface area contributed by atoms with Crippen LogP contribution in [0.15, 0.2) is 18.2 Å². The number of carbonyl (C=O) groups is 1. The molecule has 0 aliphatic rings. The number of rotatable bonds is 7. The van der Waals surface area contributed by atoms with Crippen LogP contribution in [0.25, 0.3) is 0 Å². The van der Waals surface area contributed by atoms with Crippen LogP contribution >= 0.6 is 0 Å². The van der Waals surface area contributed by atoms with Gasteiger partial charge in [-0.3, -0.25) is 9.69 Å². The van der Waals surface area contributed by atoms with Crippen molar-refractivity contribution in [3.8, 4) is 0 Å². The molecule has 0 fully saturated rings. The zero-order valence-electron chi connectivity index (χ0n) is 10.8. The summed E-state index contributed by atoms with van der Waals surface area (Å²) >= 11 is 0. The summed E-state index contributed by atoms with van der Waals surface area (Å²) in [5.74, 6) is 0.462. The normalized spacial score (nSPS) is 10.6. The van der Waals surface area contributed by atoms with Crippen molar-refractivity contribution in [1.29, 1.82) is 0 Å². The number of ether oxygens (including phenoxy) is 1. The monoisotopic (exact) mass is 252 g/mol. The average Bonchev–Trinajstić information content (AvgIpc) is 2.29. The van der Waals surface area contributed by atoms with Crippen molar-refractivity contribution < 1.29 is 9.53 Å². The number of anilines is 1. The maximum Gasteiger partial charge on any atom is 0.234 e. The van der Waals surface area contributed by atoms with Gasteiger partial charge in [-0.05, 0) is 19.2 Å². The second kappa shape index (κ2) is 7.62. The van der Waals surface area contributed by atoms with Gasteiger partial charge in [0, 0.05) is 20.2 Å². The Hall–Kier alpha value is -1.66. The van der Waals surface area contributed by atoms with Crippen LogP contribution in [0.3, 0.4) is 0 Å². The van der Waals surface area contributed by atoms with Gasteiger partial charge in [-0.1, -0.05) is 6.07 Å². The number of pyridine rings is 1. The van der Waals surface area contributed by atoms with Crippen molar-refractivity contribution in [2.24, 2.45) is 0 Å². The molecular formula is C12H20N4O2. The van der Waals surface area contributed by atoms with E-state index >= 15 is 0 Å². The predicted octanol–water partition coefficient (Wildman–Crippen LogP) is -0.142. The van der Waals surface area contributed by atoms with Gasteiger partial charge in [0.05, 0.1) is 18.8 Å². The molecule has 0 aliphatic carbocycles. The quantitative estimate of drug-likeness (QED) is 0.660. The Morgan fingerprint density at radius 3 is 3.00 bits per heavy atom. The number of likely N-dealkylation sites (N-methyl/N-ethyl adjacent to an activating group) is 1. The number of nitrogens with one attached hydrogen (secondary N) is 1. The lowest BCUT2D eigenvalue weighted by atomic mass is 10.3. The third-order valence-corrected chi connectivity index (χ3v) is 2.30. The molecule has 0 spiro atoms. The van der Waals surface area contributed by atoms with Crippen LogP contribution in [0, 0.1) is 0 Å². The summed E-state index contributed by atoms with van der Waals surface area (Å²) in [4.78, 5) is 17.6. The molecule has 0 aliphatic heterocycles. The van der Waals surface area contributed by atoms with Gasteiger partial charge in [0.25, 0.3) is 0 Å². The number of methoxy groups -OCH3 is 1. The van der Waals surface area contributed by atoms with Crippen molar-refractivity contribution in [2.45, 2.75) is 6.54 Å². The first-order valence-corrected chi connectivity index (χ1v) is 5.77. The summed E-state index contributed by atoms with van der Waals surface area (Å²) in [5.41, 5.74) is 6.44. The molecule has 0 aromatic carbocycles. The molecule has 6 nitrogen and oxygen atoms in total. The maximum atomic E-state index is 11.5. The molecule has 0 atom stereocenters. The van der Waals surface area contributed by atoms with Gasteiger partial charge in [-0.15, -0.1) is 0 Å². The number of carbonyl (C=O) groups excluding carboxylic acids is 1. The van der Waals surface area contributed by atoms with Gasteiger partial charge in [0.2, 0.25) is 5.91 Å². The van der Waals surface area contributed by atoms with Crippen LogP contribution in [-0.4, -0.2) is 49.6 Å². The standard InChI is InChI=1S/C12H20N4O2/c1-16(9-12(17)14-6-7-18-2)8-10-4-3-5-11(13)15-10/h3-5H,6-9H2,1-2H3,(H2,13,15)(H,14,17). The van der Waals surface area contributed by atoms with Crippen LogP contribution in [0.2, 0.25) is 0 Å². The lowest BCUT2D eigenvalue weighted by Crippen LogP contribution is -2.36. The van der Waals surface area contributed by atoms with Crippen molar-refractivity contribution in [2.75, 3.05) is 39.6 Å². The highest BCUT2D eigenvalue weighted by atomic mass is 16.5. The number of nitrogen functional groups attached to an aromatic ring is 1. The molecular weight excluding hydrogens is 232 g/mol. The first-order valence-electron chi connectivity index (χ1n) is 5.77. The summed E-state index contributed by atoms with van der Waals surface area (Å²) in [6.07, 6.45) is 0. The number of hydrogen-bond donors (Lipinski definition) is 2. The van der Waals surface area contributed by atoms with Crippen molar-refractivity contribution in [1.82, 2.24) is 15.2 Å². The van der Waals surface area contributed by atoms with Crippen LogP contribution in [0.4, 0.5) is 5.82 Å². The van der Waals surface area contributed by atoms with Crippen molar-refractivity contribution in [3.05, 3.63) is 23.9 Å². The minimum atomic E-state index is -0.0292. The summed E-state index contributed by atoms with van der Waals surface area (Å²) in [5, 5.41) is 2.76. The molecule has 0 saturated carbocycles. The zero-order chi connectivity index (χ0) is 13.4. The van der Waals surface area contributed by atoms with E-state index in [2.05, 4.69) is 10.3 Å². The van der Waals surface area contributed by atoms with Gasteiger partial charge in [-0.25, -0.2) is 4.98 Å². The van der Waals surface area contributed by atoms with E-state index in [1.165, 1.54) is 0 Å². The molecule has 0 unspecified atom stereocenters. The largest absolute Gasteiger partial charge is 0.384 e. The fourth-order valence-electron chi connectivity index (χ4n) is 1.51. The van der Waals surface area contributed by atoms with Gasteiger partial charge in [0.15, 0.2) is 0 Å². The zero-order valence-corrected chi connectivity index (χ0v) is 10.8. The summed E-state index contributed by atoms with van der Waals surface area (Å²) in [6, 6.07) is 5.47. The Bertz CT molecular complexity index is 384. The Kier molecular flexibility index (Phi) is 6.10.